The third-order valence-electron chi connectivity index (χ3n) is 5.21. The number of anilines is 3. The maximum absolute atomic E-state index is 11.8. The van der Waals surface area contributed by atoms with E-state index >= 15 is 0 Å². The van der Waals surface area contributed by atoms with Crippen LogP contribution in [0.15, 0.2) is 42.9 Å². The molecule has 0 bridgehead atoms. The molecular formula is C20H22N8OS2. The van der Waals surface area contributed by atoms with Gasteiger partial charge in [0.1, 0.15) is 22.4 Å². The van der Waals surface area contributed by atoms with Crippen molar-refractivity contribution in [2.75, 3.05) is 42.7 Å². The maximum Gasteiger partial charge on any atom is 0.190 e. The zero-order valence-electron chi connectivity index (χ0n) is 17.0. The predicted molar refractivity (Wildman–Crippen MR) is 125 cm³/mol. The molecule has 0 saturated carbocycles. The summed E-state index contributed by atoms with van der Waals surface area (Å²) in [5, 5.41) is 10.9. The molecule has 5 heterocycles. The van der Waals surface area contributed by atoms with Crippen molar-refractivity contribution in [2.45, 2.75) is 6.42 Å². The minimum atomic E-state index is -0.921. The molecule has 1 aliphatic rings. The van der Waals surface area contributed by atoms with E-state index in [2.05, 4.69) is 30.4 Å². The first-order chi connectivity index (χ1) is 15.2. The van der Waals surface area contributed by atoms with Gasteiger partial charge in [0, 0.05) is 60.7 Å². The number of hydrogen-bond acceptors (Lipinski definition) is 9. The molecule has 5 rings (SSSR count). The van der Waals surface area contributed by atoms with Gasteiger partial charge < -0.3 is 14.8 Å². The zero-order valence-corrected chi connectivity index (χ0v) is 18.6. The number of H-pyrrole nitrogens is 1. The van der Waals surface area contributed by atoms with Gasteiger partial charge in [-0.05, 0) is 24.6 Å². The number of nitrogens with one attached hydrogen (secondary N) is 2. The van der Waals surface area contributed by atoms with E-state index in [1.807, 2.05) is 34.8 Å². The van der Waals surface area contributed by atoms with E-state index in [0.717, 1.165) is 70.8 Å². The van der Waals surface area contributed by atoms with Gasteiger partial charge in [0.05, 0.1) is 18.4 Å². The van der Waals surface area contributed by atoms with Gasteiger partial charge in [-0.25, -0.2) is 15.0 Å². The molecule has 2 N–H and O–H groups in total. The summed E-state index contributed by atoms with van der Waals surface area (Å²) in [6.07, 6.45) is 8.11. The van der Waals surface area contributed by atoms with Gasteiger partial charge in [-0.15, -0.1) is 4.31 Å². The Labute approximate surface area is 186 Å². The number of fused-ring (bicyclic) bond motifs is 1. The van der Waals surface area contributed by atoms with Crippen molar-refractivity contribution < 1.29 is 4.55 Å². The Hall–Kier alpha value is -2.73. The van der Waals surface area contributed by atoms with Crippen LogP contribution in [0.25, 0.3) is 21.6 Å². The average Bonchev–Trinajstić information content (AvgIpc) is 3.37. The van der Waals surface area contributed by atoms with Crippen LogP contribution in [0.3, 0.4) is 0 Å². The van der Waals surface area contributed by atoms with Crippen molar-refractivity contribution in [1.82, 2.24) is 29.5 Å². The lowest BCUT2D eigenvalue weighted by Crippen LogP contribution is -2.34. The van der Waals surface area contributed by atoms with Crippen LogP contribution in [-0.2, 0) is 11.4 Å². The molecule has 1 fully saturated rings. The van der Waals surface area contributed by atoms with Crippen LogP contribution in [0.5, 0.6) is 0 Å². The number of nitrogens with zero attached hydrogens (tertiary/aromatic N) is 6. The molecule has 31 heavy (non-hydrogen) atoms. The van der Waals surface area contributed by atoms with Crippen LogP contribution >= 0.6 is 11.3 Å². The highest BCUT2D eigenvalue weighted by molar-refractivity contribution is 7.88. The number of hydrogen-bond donors (Lipinski definition) is 2. The third-order valence-corrected chi connectivity index (χ3v) is 7.18. The minimum Gasteiger partial charge on any atom is -0.598 e. The molecule has 1 aliphatic heterocycles. The molecule has 1 atom stereocenters. The highest BCUT2D eigenvalue weighted by Crippen LogP contribution is 2.29. The zero-order chi connectivity index (χ0) is 21.2. The standard InChI is InChI=1S/C20H22N8OS2/c1-31(29)28-8-2-7-27(9-10-28)15-5-6-21-18(11-15)26-20-25-17-4-3-16(24-19(17)30-20)14-12-22-23-13-14/h3-6,11-13H,2,7-10H2,1H3,(H,22,23)(H,21,25,26). The largest absolute Gasteiger partial charge is 0.598 e. The Morgan fingerprint density at radius 3 is 2.94 bits per heavy atom. The highest BCUT2D eigenvalue weighted by atomic mass is 32.2. The van der Waals surface area contributed by atoms with Crippen molar-refractivity contribution >= 4 is 49.7 Å². The summed E-state index contributed by atoms with van der Waals surface area (Å²) in [4.78, 5) is 17.0. The molecule has 0 amide bonds. The SMILES string of the molecule is C[S+]([O-])N1CCCN(c2ccnc(Nc3nc4ccc(-c5cn[nH]c5)nc4s3)c2)CC1. The Kier molecular flexibility index (Phi) is 5.72. The monoisotopic (exact) mass is 454 g/mol. The lowest BCUT2D eigenvalue weighted by atomic mass is 10.2. The highest BCUT2D eigenvalue weighted by Gasteiger charge is 2.21. The number of thiazole rings is 1. The van der Waals surface area contributed by atoms with Crippen LogP contribution in [0.4, 0.5) is 16.6 Å². The smallest absolute Gasteiger partial charge is 0.190 e. The quantitative estimate of drug-likeness (QED) is 0.443. The molecule has 0 spiro atoms. The number of aromatic amines is 1. The third kappa shape index (κ3) is 4.49. The molecule has 4 aromatic heterocycles. The average molecular weight is 455 g/mol. The molecular weight excluding hydrogens is 432 g/mol. The Morgan fingerprint density at radius 1 is 1.16 bits per heavy atom. The molecule has 11 heteroatoms. The van der Waals surface area contributed by atoms with E-state index in [1.54, 1.807) is 18.6 Å². The summed E-state index contributed by atoms with van der Waals surface area (Å²) >= 11 is 0.573. The van der Waals surface area contributed by atoms with E-state index in [0.29, 0.717) is 0 Å². The first kappa shape index (κ1) is 20.2. The van der Waals surface area contributed by atoms with E-state index in [-0.39, 0.29) is 0 Å². The van der Waals surface area contributed by atoms with Crippen molar-refractivity contribution in [1.29, 1.82) is 0 Å². The normalized spacial score (nSPS) is 16.4. The lowest BCUT2D eigenvalue weighted by molar-refractivity contribution is 0.437. The first-order valence-corrected chi connectivity index (χ1v) is 12.3. The van der Waals surface area contributed by atoms with E-state index in [4.69, 9.17) is 4.98 Å². The van der Waals surface area contributed by atoms with Crippen LogP contribution < -0.4 is 10.2 Å². The number of rotatable bonds is 5. The fourth-order valence-electron chi connectivity index (χ4n) is 3.63. The Morgan fingerprint density at radius 2 is 2.10 bits per heavy atom. The van der Waals surface area contributed by atoms with Gasteiger partial charge >= 0.3 is 0 Å². The maximum atomic E-state index is 11.8. The molecule has 1 saturated heterocycles. The van der Waals surface area contributed by atoms with Gasteiger partial charge in [0.2, 0.25) is 0 Å². The Bertz CT molecular complexity index is 1160. The number of pyridine rings is 2. The second kappa shape index (κ2) is 8.79. The van der Waals surface area contributed by atoms with Gasteiger partial charge in [-0.1, -0.05) is 11.3 Å². The molecule has 0 radical (unpaired) electrons. The van der Waals surface area contributed by atoms with Crippen LogP contribution in [0, 0.1) is 0 Å². The molecule has 4 aromatic rings. The second-order valence-corrected chi connectivity index (χ2v) is 9.59. The van der Waals surface area contributed by atoms with Crippen LogP contribution in [0.1, 0.15) is 6.42 Å². The van der Waals surface area contributed by atoms with E-state index in [1.165, 1.54) is 11.3 Å². The molecule has 0 aromatic carbocycles. The topological polar surface area (TPSA) is 109 Å². The second-order valence-electron chi connectivity index (χ2n) is 7.24. The van der Waals surface area contributed by atoms with Gasteiger partial charge in [-0.2, -0.15) is 5.10 Å². The summed E-state index contributed by atoms with van der Waals surface area (Å²) in [5.74, 6) is 0.742. The van der Waals surface area contributed by atoms with Gasteiger partial charge in [-0.3, -0.25) is 5.10 Å². The van der Waals surface area contributed by atoms with Crippen molar-refractivity contribution in [3.8, 4) is 11.3 Å². The lowest BCUT2D eigenvalue weighted by Gasteiger charge is -2.23. The molecule has 9 nitrogen and oxygen atoms in total. The summed E-state index contributed by atoms with van der Waals surface area (Å²) < 4.78 is 13.8. The van der Waals surface area contributed by atoms with Crippen LogP contribution in [0.2, 0.25) is 0 Å². The first-order valence-electron chi connectivity index (χ1n) is 9.99. The van der Waals surface area contributed by atoms with Crippen molar-refractivity contribution in [3.05, 3.63) is 42.9 Å². The minimum absolute atomic E-state index is 0.742. The summed E-state index contributed by atoms with van der Waals surface area (Å²) in [7, 11) is 0. The molecule has 1 unspecified atom stereocenters. The van der Waals surface area contributed by atoms with Crippen molar-refractivity contribution in [3.63, 3.8) is 0 Å². The fourth-order valence-corrected chi connectivity index (χ4v) is 5.20. The summed E-state index contributed by atoms with van der Waals surface area (Å²) in [6, 6.07) is 7.97. The van der Waals surface area contributed by atoms with Crippen molar-refractivity contribution in [2.24, 2.45) is 0 Å². The predicted octanol–water partition coefficient (Wildman–Crippen LogP) is 3.03. The summed E-state index contributed by atoms with van der Waals surface area (Å²) in [6.45, 7) is 3.41. The summed E-state index contributed by atoms with van der Waals surface area (Å²) in [5.41, 5.74) is 3.75. The van der Waals surface area contributed by atoms with E-state index < -0.39 is 11.4 Å². The van der Waals surface area contributed by atoms with Gasteiger partial charge in [0.25, 0.3) is 0 Å². The molecule has 160 valence electrons. The van der Waals surface area contributed by atoms with Crippen LogP contribution in [-0.4, -0.2) is 66.4 Å². The number of aromatic nitrogens is 5. The Balaban J connectivity index is 1.33. The molecule has 0 aliphatic carbocycles. The fraction of sp³-hybridized carbons (Fsp3) is 0.300. The van der Waals surface area contributed by atoms with Gasteiger partial charge in [0.15, 0.2) is 5.13 Å². The van der Waals surface area contributed by atoms with E-state index in [9.17, 15) is 4.55 Å².